The van der Waals surface area contributed by atoms with Gasteiger partial charge in [0.15, 0.2) is 5.78 Å². The molecule has 21 heavy (non-hydrogen) atoms. The highest BCUT2D eigenvalue weighted by Gasteiger charge is 2.25. The zero-order valence-electron chi connectivity index (χ0n) is 12.6. The van der Waals surface area contributed by atoms with Gasteiger partial charge in [-0.2, -0.15) is 0 Å². The number of benzene rings is 2. The van der Waals surface area contributed by atoms with Crippen LogP contribution < -0.4 is 4.31 Å². The van der Waals surface area contributed by atoms with Crippen LogP contribution in [0.15, 0.2) is 41.3 Å². The van der Waals surface area contributed by atoms with Crippen LogP contribution in [0.25, 0.3) is 0 Å². The maximum absolute atomic E-state index is 13.7. The number of nitrogens with zero attached hydrogens (tertiary/aromatic N) is 1. The number of rotatable bonds is 0. The van der Waals surface area contributed by atoms with Crippen LogP contribution in [0.5, 0.6) is 0 Å². The molecule has 0 aromatic heterocycles. The summed E-state index contributed by atoms with van der Waals surface area (Å²) in [7, 11) is 1.91. The Kier molecular flexibility index (Phi) is 4.68. The molecule has 0 aliphatic carbocycles. The molecule has 4 heteroatoms. The number of hydrogen-bond acceptors (Lipinski definition) is 3. The number of aryl methyl sites for hydroxylation is 1. The summed E-state index contributed by atoms with van der Waals surface area (Å²) in [5, 5.41) is 0. The van der Waals surface area contributed by atoms with Crippen LogP contribution in [0.4, 0.5) is 10.1 Å². The standard InChI is InChI=1S/C15H12FNOS.C2H6/c1-9-7-14-11(8-12(9)16)15(18)10-5-3-4-6-13(10)17(2)19-14;1-2/h3-8H,1-2H3;1-2H3. The first-order chi connectivity index (χ1) is 10.1. The zero-order valence-corrected chi connectivity index (χ0v) is 13.4. The molecular weight excluding hydrogens is 285 g/mol. The molecule has 0 spiro atoms. The molecule has 0 N–H and O–H groups in total. The molecule has 1 aliphatic heterocycles. The normalized spacial score (nSPS) is 12.8. The van der Waals surface area contributed by atoms with E-state index in [4.69, 9.17) is 0 Å². The Morgan fingerprint density at radius 2 is 1.76 bits per heavy atom. The van der Waals surface area contributed by atoms with Gasteiger partial charge in [0.2, 0.25) is 0 Å². The minimum atomic E-state index is -0.338. The van der Waals surface area contributed by atoms with E-state index < -0.39 is 0 Å². The number of anilines is 1. The Morgan fingerprint density at radius 1 is 1.10 bits per heavy atom. The summed E-state index contributed by atoms with van der Waals surface area (Å²) in [6.07, 6.45) is 0. The van der Waals surface area contributed by atoms with E-state index >= 15 is 0 Å². The summed E-state index contributed by atoms with van der Waals surface area (Å²) < 4.78 is 15.7. The van der Waals surface area contributed by atoms with Crippen molar-refractivity contribution in [3.63, 3.8) is 0 Å². The van der Waals surface area contributed by atoms with Gasteiger partial charge >= 0.3 is 0 Å². The Hall–Kier alpha value is -1.81. The summed E-state index contributed by atoms with van der Waals surface area (Å²) in [4.78, 5) is 13.3. The molecule has 0 radical (unpaired) electrons. The molecule has 110 valence electrons. The van der Waals surface area contributed by atoms with Crippen LogP contribution in [0.1, 0.15) is 35.3 Å². The third-order valence-corrected chi connectivity index (χ3v) is 4.23. The second-order valence-electron chi connectivity index (χ2n) is 4.53. The van der Waals surface area contributed by atoms with Crippen molar-refractivity contribution >= 4 is 23.4 Å². The molecule has 2 aromatic rings. The van der Waals surface area contributed by atoms with E-state index in [1.165, 1.54) is 18.0 Å². The highest BCUT2D eigenvalue weighted by atomic mass is 32.2. The van der Waals surface area contributed by atoms with Crippen molar-refractivity contribution < 1.29 is 9.18 Å². The van der Waals surface area contributed by atoms with E-state index in [9.17, 15) is 9.18 Å². The fraction of sp³-hybridized carbons (Fsp3) is 0.235. The molecule has 0 fully saturated rings. The molecule has 0 bridgehead atoms. The molecular formula is C17H18FNOS. The molecule has 1 aliphatic rings. The lowest BCUT2D eigenvalue weighted by molar-refractivity contribution is 0.103. The Morgan fingerprint density at radius 3 is 2.48 bits per heavy atom. The maximum atomic E-state index is 13.7. The van der Waals surface area contributed by atoms with Gasteiger partial charge in [0.1, 0.15) is 5.82 Å². The number of carbonyl (C=O) groups is 1. The van der Waals surface area contributed by atoms with Crippen LogP contribution in [-0.4, -0.2) is 12.8 Å². The van der Waals surface area contributed by atoms with E-state index in [0.29, 0.717) is 16.7 Å². The quantitative estimate of drug-likeness (QED) is 0.649. The van der Waals surface area contributed by atoms with Crippen molar-refractivity contribution in [2.75, 3.05) is 11.4 Å². The molecule has 3 rings (SSSR count). The monoisotopic (exact) mass is 303 g/mol. The lowest BCUT2D eigenvalue weighted by Gasteiger charge is -2.17. The van der Waals surface area contributed by atoms with Gasteiger partial charge in [-0.25, -0.2) is 4.39 Å². The Labute approximate surface area is 129 Å². The third kappa shape index (κ3) is 2.81. The zero-order chi connectivity index (χ0) is 15.6. The number of ketones is 1. The van der Waals surface area contributed by atoms with Crippen LogP contribution in [0, 0.1) is 12.7 Å². The van der Waals surface area contributed by atoms with Gasteiger partial charge in [-0.15, -0.1) is 0 Å². The fourth-order valence-electron chi connectivity index (χ4n) is 2.19. The molecule has 0 unspecified atom stereocenters. The number of para-hydroxylation sites is 1. The topological polar surface area (TPSA) is 20.3 Å². The van der Waals surface area contributed by atoms with Crippen molar-refractivity contribution in [3.05, 3.63) is 58.9 Å². The SMILES string of the molecule is CC.Cc1cc2c(cc1F)C(=O)c1ccccc1N(C)S2. The van der Waals surface area contributed by atoms with E-state index in [0.717, 1.165) is 10.6 Å². The van der Waals surface area contributed by atoms with Gasteiger partial charge in [-0.05, 0) is 48.7 Å². The summed E-state index contributed by atoms with van der Waals surface area (Å²) in [5.41, 5.74) is 2.45. The molecule has 2 nitrogen and oxygen atoms in total. The summed E-state index contributed by atoms with van der Waals surface area (Å²) >= 11 is 1.45. The lowest BCUT2D eigenvalue weighted by Crippen LogP contribution is -2.07. The Bertz CT molecular complexity index is 684. The van der Waals surface area contributed by atoms with Crippen LogP contribution in [0.2, 0.25) is 0 Å². The summed E-state index contributed by atoms with van der Waals surface area (Å²) in [5.74, 6) is -0.462. The predicted molar refractivity (Wildman–Crippen MR) is 86.6 cm³/mol. The number of hydrogen-bond donors (Lipinski definition) is 0. The number of fused-ring (bicyclic) bond motifs is 2. The average Bonchev–Trinajstić information content (AvgIpc) is 2.60. The molecule has 2 aromatic carbocycles. The average molecular weight is 303 g/mol. The molecule has 0 saturated carbocycles. The third-order valence-electron chi connectivity index (χ3n) is 3.23. The van der Waals surface area contributed by atoms with Crippen molar-refractivity contribution in [1.29, 1.82) is 0 Å². The first kappa shape index (κ1) is 15.6. The van der Waals surface area contributed by atoms with Crippen molar-refractivity contribution in [2.45, 2.75) is 25.7 Å². The largest absolute Gasteiger partial charge is 0.314 e. The minimum Gasteiger partial charge on any atom is -0.314 e. The van der Waals surface area contributed by atoms with Crippen molar-refractivity contribution in [3.8, 4) is 0 Å². The van der Waals surface area contributed by atoms with Crippen molar-refractivity contribution in [2.24, 2.45) is 0 Å². The lowest BCUT2D eigenvalue weighted by atomic mass is 10.0. The van der Waals surface area contributed by atoms with Gasteiger partial charge in [0, 0.05) is 23.1 Å². The van der Waals surface area contributed by atoms with Crippen LogP contribution >= 0.6 is 11.9 Å². The van der Waals surface area contributed by atoms with Crippen LogP contribution in [0.3, 0.4) is 0 Å². The van der Waals surface area contributed by atoms with E-state index in [-0.39, 0.29) is 11.6 Å². The van der Waals surface area contributed by atoms with Crippen LogP contribution in [-0.2, 0) is 0 Å². The second kappa shape index (κ2) is 6.31. The molecule has 0 saturated heterocycles. The van der Waals surface area contributed by atoms with E-state index in [1.807, 2.05) is 43.4 Å². The van der Waals surface area contributed by atoms with Gasteiger partial charge in [-0.1, -0.05) is 26.0 Å². The van der Waals surface area contributed by atoms with Crippen molar-refractivity contribution in [1.82, 2.24) is 0 Å². The molecule has 0 atom stereocenters. The summed E-state index contributed by atoms with van der Waals surface area (Å²) in [6, 6.07) is 10.5. The first-order valence-electron chi connectivity index (χ1n) is 6.93. The van der Waals surface area contributed by atoms with Gasteiger partial charge in [0.25, 0.3) is 0 Å². The van der Waals surface area contributed by atoms with E-state index in [1.54, 1.807) is 19.1 Å². The van der Waals surface area contributed by atoms with Gasteiger partial charge in [-0.3, -0.25) is 4.79 Å². The highest BCUT2D eigenvalue weighted by molar-refractivity contribution is 8.00. The van der Waals surface area contributed by atoms with Gasteiger partial charge in [0.05, 0.1) is 5.69 Å². The van der Waals surface area contributed by atoms with E-state index in [2.05, 4.69) is 0 Å². The molecule has 0 amide bonds. The number of halogens is 1. The number of carbonyl (C=O) groups excluding carboxylic acids is 1. The maximum Gasteiger partial charge on any atom is 0.196 e. The smallest absolute Gasteiger partial charge is 0.196 e. The van der Waals surface area contributed by atoms with Gasteiger partial charge < -0.3 is 4.31 Å². The first-order valence-corrected chi connectivity index (χ1v) is 7.71. The Balaban J connectivity index is 0.000000774. The predicted octanol–water partition coefficient (Wildman–Crippen LogP) is 4.85. The molecule has 1 heterocycles. The highest BCUT2D eigenvalue weighted by Crippen LogP contribution is 2.38. The summed E-state index contributed by atoms with van der Waals surface area (Å²) in [6.45, 7) is 5.71. The second-order valence-corrected chi connectivity index (χ2v) is 5.70. The fourth-order valence-corrected chi connectivity index (χ4v) is 3.22. The minimum absolute atomic E-state index is 0.124.